The quantitative estimate of drug-likeness (QED) is 0.400. The molecule has 196 valence electrons. The Bertz CT molecular complexity index is 1560. The van der Waals surface area contributed by atoms with Crippen molar-refractivity contribution < 1.29 is 18.3 Å². The lowest BCUT2D eigenvalue weighted by Crippen LogP contribution is -2.48. The summed E-state index contributed by atoms with van der Waals surface area (Å²) in [6.45, 7) is 1.73. The van der Waals surface area contributed by atoms with Gasteiger partial charge < -0.3 is 14.5 Å². The van der Waals surface area contributed by atoms with E-state index in [0.29, 0.717) is 61.6 Å². The molecular weight excluding hydrogens is 494 g/mol. The molecule has 1 atom stereocenters. The molecule has 2 aromatic heterocycles. The number of ether oxygens (including phenoxy) is 1. The Morgan fingerprint density at radius 2 is 1.74 bits per heavy atom. The minimum absolute atomic E-state index is 0.0693. The van der Waals surface area contributed by atoms with Crippen molar-refractivity contribution >= 4 is 22.8 Å². The van der Waals surface area contributed by atoms with Gasteiger partial charge in [-0.15, -0.1) is 0 Å². The molecule has 11 heteroatoms. The first-order chi connectivity index (χ1) is 18.4. The second kappa shape index (κ2) is 9.55. The highest BCUT2D eigenvalue weighted by molar-refractivity contribution is 5.84. The van der Waals surface area contributed by atoms with E-state index in [0.717, 1.165) is 11.1 Å². The van der Waals surface area contributed by atoms with Gasteiger partial charge in [0.25, 0.3) is 5.56 Å². The van der Waals surface area contributed by atoms with Gasteiger partial charge in [0.15, 0.2) is 0 Å². The zero-order valence-corrected chi connectivity index (χ0v) is 20.8. The maximum Gasteiger partial charge on any atom is 0.387 e. The van der Waals surface area contributed by atoms with Gasteiger partial charge in [0.1, 0.15) is 5.75 Å². The number of hydrogen-bond donors (Lipinski definition) is 0. The first-order valence-electron chi connectivity index (χ1n) is 12.5. The Morgan fingerprint density at radius 1 is 1.00 bits per heavy atom. The number of hydrogen-bond acceptors (Lipinski definition) is 6. The maximum atomic E-state index is 13.1. The number of halogens is 2. The normalized spacial score (nSPS) is 17.3. The molecule has 0 unspecified atom stereocenters. The molecule has 2 aliphatic rings. The SMILES string of the molecule is CC(=O)N1CCN(c2ncc(-c3ccc4c(=O)n5n(c4c3)[C@H](c3ccccc3OC(F)F)CC5)cn2)CC1. The molecule has 1 saturated heterocycles. The van der Waals surface area contributed by atoms with Gasteiger partial charge in [-0.05, 0) is 30.2 Å². The average Bonchev–Trinajstić information content (AvgIpc) is 3.48. The van der Waals surface area contributed by atoms with Crippen LogP contribution < -0.4 is 15.2 Å². The standard InChI is InChI=1S/C27H26F2N6O3/c1-17(36)32-10-12-33(13-11-32)27-30-15-19(16-31-27)18-6-7-21-23(14-18)35-22(8-9-34(35)25(21)37)20-4-2-3-5-24(20)38-26(28)29/h2-7,14-16,22,26H,8-13H2,1H3/t22-/m0/s1. The van der Waals surface area contributed by atoms with Crippen LogP contribution in [-0.2, 0) is 11.3 Å². The summed E-state index contributed by atoms with van der Waals surface area (Å²) < 4.78 is 34.5. The zero-order chi connectivity index (χ0) is 26.4. The van der Waals surface area contributed by atoms with Gasteiger partial charge in [0, 0.05) is 63.2 Å². The van der Waals surface area contributed by atoms with E-state index >= 15 is 0 Å². The number of nitrogens with zero attached hydrogens (tertiary/aromatic N) is 6. The van der Waals surface area contributed by atoms with Crippen LogP contribution in [0.3, 0.4) is 0 Å². The number of piperazine rings is 1. The number of carbonyl (C=O) groups excluding carboxylic acids is 1. The topological polar surface area (TPSA) is 85.5 Å². The fourth-order valence-electron chi connectivity index (χ4n) is 5.46. The van der Waals surface area contributed by atoms with E-state index in [-0.39, 0.29) is 23.3 Å². The highest BCUT2D eigenvalue weighted by atomic mass is 19.3. The van der Waals surface area contributed by atoms with Crippen molar-refractivity contribution in [3.63, 3.8) is 0 Å². The van der Waals surface area contributed by atoms with Crippen LogP contribution in [0.15, 0.2) is 59.7 Å². The van der Waals surface area contributed by atoms with Gasteiger partial charge in [-0.2, -0.15) is 8.78 Å². The van der Waals surface area contributed by atoms with E-state index in [4.69, 9.17) is 4.74 Å². The number of fused-ring (bicyclic) bond motifs is 3. The van der Waals surface area contributed by atoms with Crippen molar-refractivity contribution in [3.8, 4) is 16.9 Å². The third kappa shape index (κ3) is 4.17. The third-order valence-electron chi connectivity index (χ3n) is 7.35. The first kappa shape index (κ1) is 24.1. The third-order valence-corrected chi connectivity index (χ3v) is 7.35. The van der Waals surface area contributed by atoms with Crippen molar-refractivity contribution in [2.45, 2.75) is 32.5 Å². The molecule has 38 heavy (non-hydrogen) atoms. The molecule has 0 saturated carbocycles. The summed E-state index contributed by atoms with van der Waals surface area (Å²) >= 11 is 0. The van der Waals surface area contributed by atoms with Crippen LogP contribution in [0, 0.1) is 0 Å². The highest BCUT2D eigenvalue weighted by Crippen LogP contribution is 2.37. The number of anilines is 1. The van der Waals surface area contributed by atoms with E-state index in [1.807, 2.05) is 21.7 Å². The van der Waals surface area contributed by atoms with Crippen molar-refractivity contribution in [3.05, 3.63) is 70.8 Å². The van der Waals surface area contributed by atoms with E-state index in [2.05, 4.69) is 14.9 Å². The number of para-hydroxylation sites is 1. The van der Waals surface area contributed by atoms with Crippen LogP contribution in [0.5, 0.6) is 5.75 Å². The van der Waals surface area contributed by atoms with Crippen LogP contribution in [0.1, 0.15) is 24.9 Å². The van der Waals surface area contributed by atoms with Gasteiger partial charge in [0.05, 0.1) is 16.9 Å². The van der Waals surface area contributed by atoms with Crippen LogP contribution in [0.25, 0.3) is 22.0 Å². The molecule has 1 fully saturated rings. The van der Waals surface area contributed by atoms with Gasteiger partial charge >= 0.3 is 6.61 Å². The second-order valence-corrected chi connectivity index (χ2v) is 9.49. The number of amides is 1. The molecular formula is C27H26F2N6O3. The minimum Gasteiger partial charge on any atom is -0.434 e. The molecule has 2 aliphatic heterocycles. The predicted molar refractivity (Wildman–Crippen MR) is 138 cm³/mol. The van der Waals surface area contributed by atoms with Crippen LogP contribution in [-0.4, -0.2) is 62.9 Å². The largest absolute Gasteiger partial charge is 0.434 e. The monoisotopic (exact) mass is 520 g/mol. The molecule has 9 nitrogen and oxygen atoms in total. The Kier molecular flexibility index (Phi) is 6.05. The molecule has 2 aromatic carbocycles. The molecule has 0 spiro atoms. The smallest absolute Gasteiger partial charge is 0.387 e. The number of alkyl halides is 2. The predicted octanol–water partition coefficient (Wildman–Crippen LogP) is 3.52. The Hall–Kier alpha value is -4.28. The molecule has 0 N–H and O–H groups in total. The van der Waals surface area contributed by atoms with Crippen molar-refractivity contribution in [1.82, 2.24) is 24.2 Å². The lowest BCUT2D eigenvalue weighted by molar-refractivity contribution is -0.129. The van der Waals surface area contributed by atoms with Crippen LogP contribution >= 0.6 is 0 Å². The minimum atomic E-state index is -2.94. The summed E-state index contributed by atoms with van der Waals surface area (Å²) in [5, 5.41) is 0.562. The van der Waals surface area contributed by atoms with Gasteiger partial charge in [0.2, 0.25) is 11.9 Å². The molecule has 0 aliphatic carbocycles. The van der Waals surface area contributed by atoms with Gasteiger partial charge in [-0.1, -0.05) is 24.3 Å². The highest BCUT2D eigenvalue weighted by Gasteiger charge is 2.30. The average molecular weight is 521 g/mol. The molecule has 0 radical (unpaired) electrons. The van der Waals surface area contributed by atoms with E-state index in [9.17, 15) is 18.4 Å². The lowest BCUT2D eigenvalue weighted by atomic mass is 10.0. The van der Waals surface area contributed by atoms with Crippen molar-refractivity contribution in [1.29, 1.82) is 0 Å². The summed E-state index contributed by atoms with van der Waals surface area (Å²) in [4.78, 5) is 37.7. The van der Waals surface area contributed by atoms with Crippen molar-refractivity contribution in [2.75, 3.05) is 31.1 Å². The van der Waals surface area contributed by atoms with Crippen LogP contribution in [0.2, 0.25) is 0 Å². The van der Waals surface area contributed by atoms with Gasteiger partial charge in [-0.25, -0.2) is 14.6 Å². The summed E-state index contributed by atoms with van der Waals surface area (Å²) in [6.07, 6.45) is 4.10. The van der Waals surface area contributed by atoms with Crippen LogP contribution in [0.4, 0.5) is 14.7 Å². The van der Waals surface area contributed by atoms with E-state index in [1.54, 1.807) is 48.3 Å². The van der Waals surface area contributed by atoms with Gasteiger partial charge in [-0.3, -0.25) is 14.3 Å². The van der Waals surface area contributed by atoms with Crippen molar-refractivity contribution in [2.24, 2.45) is 0 Å². The second-order valence-electron chi connectivity index (χ2n) is 9.49. The van der Waals surface area contributed by atoms with E-state index < -0.39 is 6.61 Å². The molecule has 6 rings (SSSR count). The lowest BCUT2D eigenvalue weighted by Gasteiger charge is -2.34. The number of carbonyl (C=O) groups is 1. The van der Waals surface area contributed by atoms with E-state index in [1.165, 1.54) is 6.07 Å². The molecule has 0 bridgehead atoms. The number of aromatic nitrogens is 4. The fraction of sp³-hybridized carbons (Fsp3) is 0.333. The molecule has 4 aromatic rings. The number of rotatable bonds is 5. The Morgan fingerprint density at radius 3 is 2.45 bits per heavy atom. The molecule has 1 amide bonds. The summed E-state index contributed by atoms with van der Waals surface area (Å²) in [5.74, 6) is 0.786. The maximum absolute atomic E-state index is 13.1. The summed E-state index contributed by atoms with van der Waals surface area (Å²) in [7, 11) is 0. The fourth-order valence-corrected chi connectivity index (χ4v) is 5.46. The molecule has 4 heterocycles. The first-order valence-corrected chi connectivity index (χ1v) is 12.5. The number of benzene rings is 2. The Balaban J connectivity index is 1.32. The summed E-state index contributed by atoms with van der Waals surface area (Å²) in [5.41, 5.74) is 2.85. The Labute approximate surface area is 216 Å². The zero-order valence-electron chi connectivity index (χ0n) is 20.8. The summed E-state index contributed by atoms with van der Waals surface area (Å²) in [6, 6.07) is 12.0.